The highest BCUT2D eigenvalue weighted by molar-refractivity contribution is 5.98. The van der Waals surface area contributed by atoms with Crippen LogP contribution in [0.1, 0.15) is 29.3 Å². The van der Waals surface area contributed by atoms with Crippen molar-refractivity contribution >= 4 is 17.5 Å². The maximum Gasteiger partial charge on any atom is 0.253 e. The monoisotopic (exact) mass is 377 g/mol. The van der Waals surface area contributed by atoms with E-state index in [1.165, 1.54) is 5.56 Å². The lowest BCUT2D eigenvalue weighted by Gasteiger charge is -2.40. The molecule has 2 aromatic rings. The summed E-state index contributed by atoms with van der Waals surface area (Å²) in [7, 11) is 0. The second-order valence-electron chi connectivity index (χ2n) is 7.59. The van der Waals surface area contributed by atoms with Crippen LogP contribution in [0.5, 0.6) is 0 Å². The van der Waals surface area contributed by atoms with Gasteiger partial charge in [-0.1, -0.05) is 36.4 Å². The highest BCUT2D eigenvalue weighted by Crippen LogP contribution is 2.28. The number of hydrogen-bond donors (Lipinski definition) is 0. The lowest BCUT2D eigenvalue weighted by Crippen LogP contribution is -2.56. The Morgan fingerprint density at radius 3 is 2.29 bits per heavy atom. The summed E-state index contributed by atoms with van der Waals surface area (Å²) >= 11 is 0. The summed E-state index contributed by atoms with van der Waals surface area (Å²) in [5, 5.41) is 0. The molecule has 2 aromatic carbocycles. The minimum atomic E-state index is -0.180. The molecule has 1 fully saturated rings. The predicted molar refractivity (Wildman–Crippen MR) is 110 cm³/mol. The Morgan fingerprint density at radius 1 is 0.857 bits per heavy atom. The Labute approximate surface area is 166 Å². The Hall–Kier alpha value is -2.66. The molecule has 146 valence electrons. The molecule has 1 saturated heterocycles. The third-order valence-electron chi connectivity index (χ3n) is 5.90. The minimum absolute atomic E-state index is 0.0733. The number of rotatable bonds is 3. The van der Waals surface area contributed by atoms with E-state index in [0.29, 0.717) is 13.1 Å². The van der Waals surface area contributed by atoms with E-state index in [0.717, 1.165) is 43.7 Å². The van der Waals surface area contributed by atoms with Crippen molar-refractivity contribution in [1.29, 1.82) is 0 Å². The summed E-state index contributed by atoms with van der Waals surface area (Å²) in [4.78, 5) is 31.9. The number of aryl methyl sites for hydroxylation is 1. The number of nitrogens with zero attached hydrogens (tertiary/aromatic N) is 3. The predicted octanol–water partition coefficient (Wildman–Crippen LogP) is 2.81. The van der Waals surface area contributed by atoms with Gasteiger partial charge < -0.3 is 9.80 Å². The number of anilines is 1. The van der Waals surface area contributed by atoms with Crippen LogP contribution >= 0.6 is 0 Å². The van der Waals surface area contributed by atoms with E-state index in [1.807, 2.05) is 59.2 Å². The molecule has 4 rings (SSSR count). The normalized spacial score (nSPS) is 18.5. The SMILES string of the molecule is CC(C(=O)N1CCCc2ccccc21)N1CCN(C(=O)c2ccccc2)CC1. The van der Waals surface area contributed by atoms with Crippen LogP contribution in [0.3, 0.4) is 0 Å². The molecule has 2 heterocycles. The zero-order valence-electron chi connectivity index (χ0n) is 16.4. The third kappa shape index (κ3) is 3.67. The number of carbonyl (C=O) groups excluding carboxylic acids is 2. The van der Waals surface area contributed by atoms with E-state index >= 15 is 0 Å². The number of para-hydroxylation sites is 1. The van der Waals surface area contributed by atoms with Crippen LogP contribution in [0.4, 0.5) is 5.69 Å². The summed E-state index contributed by atoms with van der Waals surface area (Å²) in [5.74, 6) is 0.235. The van der Waals surface area contributed by atoms with Crippen LogP contribution < -0.4 is 4.90 Å². The van der Waals surface area contributed by atoms with Gasteiger partial charge in [-0.15, -0.1) is 0 Å². The molecule has 1 unspecified atom stereocenters. The van der Waals surface area contributed by atoms with Crippen LogP contribution in [-0.2, 0) is 11.2 Å². The van der Waals surface area contributed by atoms with Crippen molar-refractivity contribution in [2.75, 3.05) is 37.6 Å². The molecule has 28 heavy (non-hydrogen) atoms. The van der Waals surface area contributed by atoms with Crippen LogP contribution in [0.25, 0.3) is 0 Å². The van der Waals surface area contributed by atoms with Gasteiger partial charge in [0.15, 0.2) is 0 Å². The second-order valence-corrected chi connectivity index (χ2v) is 7.59. The number of hydrogen-bond acceptors (Lipinski definition) is 3. The summed E-state index contributed by atoms with van der Waals surface area (Å²) in [6.07, 6.45) is 2.05. The Morgan fingerprint density at radius 2 is 1.54 bits per heavy atom. The van der Waals surface area contributed by atoms with E-state index in [9.17, 15) is 9.59 Å². The van der Waals surface area contributed by atoms with Gasteiger partial charge in [0.25, 0.3) is 5.91 Å². The quantitative estimate of drug-likeness (QED) is 0.826. The molecule has 0 bridgehead atoms. The number of carbonyl (C=O) groups is 2. The summed E-state index contributed by atoms with van der Waals surface area (Å²) < 4.78 is 0. The fraction of sp³-hybridized carbons (Fsp3) is 0.391. The van der Waals surface area contributed by atoms with Gasteiger partial charge in [-0.05, 0) is 43.5 Å². The van der Waals surface area contributed by atoms with Crippen molar-refractivity contribution in [3.05, 3.63) is 65.7 Å². The summed E-state index contributed by atoms with van der Waals surface area (Å²) in [6, 6.07) is 17.4. The first kappa shape index (κ1) is 18.7. The number of piperazine rings is 1. The molecule has 5 heteroatoms. The van der Waals surface area contributed by atoms with Gasteiger partial charge in [0.2, 0.25) is 5.91 Å². The minimum Gasteiger partial charge on any atom is -0.336 e. The molecule has 0 aromatic heterocycles. The average molecular weight is 377 g/mol. The van der Waals surface area contributed by atoms with E-state index < -0.39 is 0 Å². The van der Waals surface area contributed by atoms with Crippen LogP contribution in [-0.4, -0.2) is 60.4 Å². The van der Waals surface area contributed by atoms with Gasteiger partial charge >= 0.3 is 0 Å². The largest absolute Gasteiger partial charge is 0.336 e. The molecule has 0 N–H and O–H groups in total. The first-order chi connectivity index (χ1) is 13.6. The number of amides is 2. The molecule has 0 aliphatic carbocycles. The molecule has 1 atom stereocenters. The lowest BCUT2D eigenvalue weighted by atomic mass is 10.0. The van der Waals surface area contributed by atoms with Crippen LogP contribution in [0.15, 0.2) is 54.6 Å². The standard InChI is InChI=1S/C23H27N3O2/c1-18(22(27)26-13-7-11-19-8-5-6-12-21(19)26)24-14-16-25(17-15-24)23(28)20-9-3-2-4-10-20/h2-6,8-10,12,18H,7,11,13-17H2,1H3. The number of benzene rings is 2. The molecular formula is C23H27N3O2. The smallest absolute Gasteiger partial charge is 0.253 e. The van der Waals surface area contributed by atoms with Crippen molar-refractivity contribution in [1.82, 2.24) is 9.80 Å². The van der Waals surface area contributed by atoms with Crippen LogP contribution in [0, 0.1) is 0 Å². The molecule has 0 spiro atoms. The zero-order chi connectivity index (χ0) is 19.5. The van der Waals surface area contributed by atoms with Crippen molar-refractivity contribution in [3.63, 3.8) is 0 Å². The highest BCUT2D eigenvalue weighted by atomic mass is 16.2. The summed E-state index contributed by atoms with van der Waals surface area (Å²) in [6.45, 7) is 5.53. The van der Waals surface area contributed by atoms with E-state index in [4.69, 9.17) is 0 Å². The summed E-state index contributed by atoms with van der Waals surface area (Å²) in [5.41, 5.74) is 3.04. The third-order valence-corrected chi connectivity index (χ3v) is 5.90. The van der Waals surface area contributed by atoms with Crippen molar-refractivity contribution in [2.45, 2.75) is 25.8 Å². The van der Waals surface area contributed by atoms with Crippen molar-refractivity contribution < 1.29 is 9.59 Å². The Kier molecular flexibility index (Phi) is 5.44. The van der Waals surface area contributed by atoms with Crippen LogP contribution in [0.2, 0.25) is 0 Å². The Balaban J connectivity index is 1.39. The fourth-order valence-corrected chi connectivity index (χ4v) is 4.22. The van der Waals surface area contributed by atoms with Crippen molar-refractivity contribution in [3.8, 4) is 0 Å². The maximum absolute atomic E-state index is 13.2. The molecule has 5 nitrogen and oxygen atoms in total. The molecule has 2 aliphatic heterocycles. The molecule has 2 amide bonds. The molecular weight excluding hydrogens is 350 g/mol. The van der Waals surface area contributed by atoms with Crippen molar-refractivity contribution in [2.24, 2.45) is 0 Å². The molecule has 0 saturated carbocycles. The molecule has 0 radical (unpaired) electrons. The maximum atomic E-state index is 13.2. The van der Waals surface area contributed by atoms with Gasteiger partial charge in [0.1, 0.15) is 0 Å². The lowest BCUT2D eigenvalue weighted by molar-refractivity contribution is -0.123. The van der Waals surface area contributed by atoms with Gasteiger partial charge in [-0.3, -0.25) is 14.5 Å². The average Bonchev–Trinajstić information content (AvgIpc) is 2.78. The van der Waals surface area contributed by atoms with E-state index in [1.54, 1.807) is 0 Å². The topological polar surface area (TPSA) is 43.9 Å². The first-order valence-corrected chi connectivity index (χ1v) is 10.1. The van der Waals surface area contributed by atoms with Gasteiger partial charge in [-0.2, -0.15) is 0 Å². The van der Waals surface area contributed by atoms with E-state index in [-0.39, 0.29) is 17.9 Å². The van der Waals surface area contributed by atoms with Gasteiger partial charge in [0.05, 0.1) is 6.04 Å². The fourth-order valence-electron chi connectivity index (χ4n) is 4.22. The van der Waals surface area contributed by atoms with Gasteiger partial charge in [-0.25, -0.2) is 0 Å². The second kappa shape index (κ2) is 8.15. The Bertz CT molecular complexity index is 844. The highest BCUT2D eigenvalue weighted by Gasteiger charge is 2.32. The zero-order valence-corrected chi connectivity index (χ0v) is 16.4. The molecule has 2 aliphatic rings. The van der Waals surface area contributed by atoms with Gasteiger partial charge in [0, 0.05) is 44.0 Å². The first-order valence-electron chi connectivity index (χ1n) is 10.1. The van der Waals surface area contributed by atoms with E-state index in [2.05, 4.69) is 17.0 Å². The number of fused-ring (bicyclic) bond motifs is 1.